The molecule has 1 N–H and O–H groups in total. The van der Waals surface area contributed by atoms with Crippen LogP contribution in [0.1, 0.15) is 59.4 Å². The van der Waals surface area contributed by atoms with Gasteiger partial charge < -0.3 is 9.84 Å². The molecule has 0 aliphatic heterocycles. The third-order valence-electron chi connectivity index (χ3n) is 6.01. The number of aliphatic hydroxyl groups is 1. The van der Waals surface area contributed by atoms with Gasteiger partial charge >= 0.3 is 5.97 Å². The van der Waals surface area contributed by atoms with Gasteiger partial charge in [0.25, 0.3) is 0 Å². The lowest BCUT2D eigenvalue weighted by molar-refractivity contribution is -0.153. The average Bonchev–Trinajstić information content (AvgIpc) is 2.60. The Balaban J connectivity index is 2.20. The van der Waals surface area contributed by atoms with E-state index in [2.05, 4.69) is 51.6 Å². The van der Waals surface area contributed by atoms with Crippen LogP contribution in [0.25, 0.3) is 0 Å². The van der Waals surface area contributed by atoms with Crippen LogP contribution >= 0.6 is 0 Å². The molecular formula is C23H34O3. The van der Waals surface area contributed by atoms with Crippen molar-refractivity contribution in [3.63, 3.8) is 0 Å². The standard InChI is InChI=1S/C23H34O3/c1-15(2)21(24)17(4)22(25)26-20-14-16(3)12-13-19(20)23(5,6)18-10-8-7-9-11-18/h7-11,15-16,19-21,24H,4,12-14H2,1-3,5-6H3/t16-,19-,20-,21?/m1/s1. The lowest BCUT2D eigenvalue weighted by atomic mass is 9.64. The topological polar surface area (TPSA) is 46.5 Å². The zero-order valence-corrected chi connectivity index (χ0v) is 16.9. The van der Waals surface area contributed by atoms with E-state index in [1.54, 1.807) is 0 Å². The molecule has 1 aromatic carbocycles. The summed E-state index contributed by atoms with van der Waals surface area (Å²) < 4.78 is 5.92. The summed E-state index contributed by atoms with van der Waals surface area (Å²) in [4.78, 5) is 12.6. The minimum Gasteiger partial charge on any atom is -0.459 e. The summed E-state index contributed by atoms with van der Waals surface area (Å²) in [6.45, 7) is 14.2. The Bertz CT molecular complexity index is 618. The molecule has 0 amide bonds. The second kappa shape index (κ2) is 8.39. The molecule has 0 saturated heterocycles. The minimum atomic E-state index is -0.857. The van der Waals surface area contributed by atoms with Gasteiger partial charge in [0.1, 0.15) is 6.10 Å². The molecule has 0 aromatic heterocycles. The van der Waals surface area contributed by atoms with E-state index in [0.29, 0.717) is 5.92 Å². The fraction of sp³-hybridized carbons (Fsp3) is 0.609. The maximum absolute atomic E-state index is 12.6. The van der Waals surface area contributed by atoms with Crippen molar-refractivity contribution in [1.82, 2.24) is 0 Å². The van der Waals surface area contributed by atoms with Crippen LogP contribution in [0.3, 0.4) is 0 Å². The molecule has 1 saturated carbocycles. The van der Waals surface area contributed by atoms with Crippen LogP contribution in [0.4, 0.5) is 0 Å². The number of ether oxygens (including phenoxy) is 1. The van der Waals surface area contributed by atoms with Crippen LogP contribution in [-0.4, -0.2) is 23.3 Å². The molecule has 1 fully saturated rings. The first-order chi connectivity index (χ1) is 12.1. The van der Waals surface area contributed by atoms with Crippen molar-refractivity contribution in [3.05, 3.63) is 48.0 Å². The van der Waals surface area contributed by atoms with Crippen molar-refractivity contribution in [2.24, 2.45) is 17.8 Å². The summed E-state index contributed by atoms with van der Waals surface area (Å²) in [5, 5.41) is 10.2. The van der Waals surface area contributed by atoms with Crippen LogP contribution in [0.15, 0.2) is 42.5 Å². The molecule has 0 bridgehead atoms. The van der Waals surface area contributed by atoms with Crippen molar-refractivity contribution in [3.8, 4) is 0 Å². The normalized spacial score (nSPS) is 25.0. The number of hydrogen-bond donors (Lipinski definition) is 1. The molecule has 0 heterocycles. The number of carbonyl (C=O) groups excluding carboxylic acids is 1. The Kier molecular flexibility index (Phi) is 6.68. The zero-order chi connectivity index (χ0) is 19.5. The van der Waals surface area contributed by atoms with E-state index < -0.39 is 12.1 Å². The van der Waals surface area contributed by atoms with Gasteiger partial charge in [-0.3, -0.25) is 0 Å². The Morgan fingerprint density at radius 1 is 1.23 bits per heavy atom. The monoisotopic (exact) mass is 358 g/mol. The molecule has 1 aliphatic rings. The number of esters is 1. The van der Waals surface area contributed by atoms with E-state index >= 15 is 0 Å². The summed E-state index contributed by atoms with van der Waals surface area (Å²) in [6.07, 6.45) is 2.02. The maximum atomic E-state index is 12.6. The van der Waals surface area contributed by atoms with E-state index in [4.69, 9.17) is 4.74 Å². The molecule has 4 atom stereocenters. The quantitative estimate of drug-likeness (QED) is 0.582. The highest BCUT2D eigenvalue weighted by atomic mass is 16.5. The number of carbonyl (C=O) groups is 1. The van der Waals surface area contributed by atoms with Gasteiger partial charge in [0, 0.05) is 5.92 Å². The number of aliphatic hydroxyl groups excluding tert-OH is 1. The number of benzene rings is 1. The van der Waals surface area contributed by atoms with Gasteiger partial charge in [0.15, 0.2) is 0 Å². The summed E-state index contributed by atoms with van der Waals surface area (Å²) in [7, 11) is 0. The first-order valence-electron chi connectivity index (χ1n) is 9.78. The van der Waals surface area contributed by atoms with Gasteiger partial charge in [-0.2, -0.15) is 0 Å². The van der Waals surface area contributed by atoms with Crippen LogP contribution < -0.4 is 0 Å². The smallest absolute Gasteiger partial charge is 0.336 e. The molecule has 1 aliphatic carbocycles. The number of hydrogen-bond acceptors (Lipinski definition) is 3. The Morgan fingerprint density at radius 2 is 1.85 bits per heavy atom. The van der Waals surface area contributed by atoms with Crippen molar-refractivity contribution >= 4 is 5.97 Å². The molecule has 3 nitrogen and oxygen atoms in total. The van der Waals surface area contributed by atoms with Crippen molar-refractivity contribution < 1.29 is 14.6 Å². The summed E-state index contributed by atoms with van der Waals surface area (Å²) >= 11 is 0. The first kappa shape index (κ1) is 20.7. The highest BCUT2D eigenvalue weighted by Gasteiger charge is 2.42. The molecule has 26 heavy (non-hydrogen) atoms. The third kappa shape index (κ3) is 4.56. The second-order valence-electron chi connectivity index (χ2n) is 8.77. The summed E-state index contributed by atoms with van der Waals surface area (Å²) in [5.74, 6) is 0.254. The van der Waals surface area contributed by atoms with Gasteiger partial charge in [0.05, 0.1) is 11.7 Å². The predicted molar refractivity (Wildman–Crippen MR) is 106 cm³/mol. The first-order valence-corrected chi connectivity index (χ1v) is 9.78. The van der Waals surface area contributed by atoms with Crippen LogP contribution in [0, 0.1) is 17.8 Å². The van der Waals surface area contributed by atoms with Crippen molar-refractivity contribution in [1.29, 1.82) is 0 Å². The summed E-state index contributed by atoms with van der Waals surface area (Å²) in [6, 6.07) is 10.4. The largest absolute Gasteiger partial charge is 0.459 e. The molecule has 2 rings (SSSR count). The molecule has 144 valence electrons. The summed E-state index contributed by atoms with van der Waals surface area (Å²) in [5.41, 5.74) is 1.33. The third-order valence-corrected chi connectivity index (χ3v) is 6.01. The van der Waals surface area contributed by atoms with E-state index in [1.807, 2.05) is 19.9 Å². The number of rotatable bonds is 6. The molecule has 1 unspecified atom stereocenters. The molecular weight excluding hydrogens is 324 g/mol. The van der Waals surface area contributed by atoms with Crippen molar-refractivity contribution in [2.75, 3.05) is 0 Å². The second-order valence-corrected chi connectivity index (χ2v) is 8.77. The van der Waals surface area contributed by atoms with E-state index in [1.165, 1.54) is 5.56 Å². The van der Waals surface area contributed by atoms with Crippen LogP contribution in [0.5, 0.6) is 0 Å². The van der Waals surface area contributed by atoms with Gasteiger partial charge in [0.2, 0.25) is 0 Å². The van der Waals surface area contributed by atoms with E-state index in [9.17, 15) is 9.90 Å². The Morgan fingerprint density at radius 3 is 2.42 bits per heavy atom. The molecule has 0 spiro atoms. The maximum Gasteiger partial charge on any atom is 0.336 e. The molecule has 0 radical (unpaired) electrons. The lowest BCUT2D eigenvalue weighted by Crippen LogP contribution is -2.44. The van der Waals surface area contributed by atoms with Gasteiger partial charge in [-0.15, -0.1) is 0 Å². The van der Waals surface area contributed by atoms with Crippen LogP contribution in [-0.2, 0) is 14.9 Å². The highest BCUT2D eigenvalue weighted by molar-refractivity contribution is 5.89. The fourth-order valence-corrected chi connectivity index (χ4v) is 4.10. The Labute approximate surface area is 158 Å². The predicted octanol–water partition coefficient (Wildman–Crippen LogP) is 4.89. The van der Waals surface area contributed by atoms with Gasteiger partial charge in [-0.05, 0) is 35.7 Å². The van der Waals surface area contributed by atoms with Crippen molar-refractivity contribution in [2.45, 2.75) is 71.5 Å². The lowest BCUT2D eigenvalue weighted by Gasteiger charge is -2.44. The van der Waals surface area contributed by atoms with E-state index in [0.717, 1.165) is 19.3 Å². The van der Waals surface area contributed by atoms with Gasteiger partial charge in [-0.25, -0.2) is 4.79 Å². The Hall–Kier alpha value is -1.61. The fourth-order valence-electron chi connectivity index (χ4n) is 4.10. The molecule has 1 aromatic rings. The minimum absolute atomic E-state index is 0.0584. The molecule has 3 heteroatoms. The zero-order valence-electron chi connectivity index (χ0n) is 16.9. The van der Waals surface area contributed by atoms with E-state index in [-0.39, 0.29) is 28.9 Å². The highest BCUT2D eigenvalue weighted by Crippen LogP contribution is 2.43. The SMILES string of the molecule is C=C(C(=O)O[C@@H]1C[C@H](C)CC[C@H]1C(C)(C)c1ccccc1)C(O)C(C)C. The van der Waals surface area contributed by atoms with Crippen LogP contribution in [0.2, 0.25) is 0 Å². The van der Waals surface area contributed by atoms with Gasteiger partial charge in [-0.1, -0.05) is 78.0 Å². The average molecular weight is 359 g/mol.